The number of methoxy groups -OCH3 is 1. The van der Waals surface area contributed by atoms with Crippen LogP contribution >= 0.6 is 0 Å². The van der Waals surface area contributed by atoms with Gasteiger partial charge in [-0.05, 0) is 54.3 Å². The molecule has 2 heterocycles. The van der Waals surface area contributed by atoms with Crippen LogP contribution < -0.4 is 14.2 Å². The summed E-state index contributed by atoms with van der Waals surface area (Å²) in [5.74, 6) is 1.92. The average Bonchev–Trinajstić information content (AvgIpc) is 3.22. The predicted molar refractivity (Wildman–Crippen MR) is 105 cm³/mol. The van der Waals surface area contributed by atoms with E-state index in [9.17, 15) is 9.90 Å². The topological polar surface area (TPSA) is 68.2 Å². The number of ether oxygens (including phenoxy) is 3. The molecule has 2 aromatic rings. The van der Waals surface area contributed by atoms with E-state index < -0.39 is 0 Å². The molecule has 0 bridgehead atoms. The Labute approximate surface area is 163 Å². The van der Waals surface area contributed by atoms with Gasteiger partial charge in [0.1, 0.15) is 13.2 Å². The van der Waals surface area contributed by atoms with Gasteiger partial charge in [0, 0.05) is 12.6 Å². The third-order valence-corrected chi connectivity index (χ3v) is 5.11. The lowest BCUT2D eigenvalue weighted by Gasteiger charge is -2.26. The Morgan fingerprint density at radius 3 is 2.82 bits per heavy atom. The molecular formula is C22H23NO5. The number of aromatic hydroxyl groups is 1. The van der Waals surface area contributed by atoms with Crippen molar-refractivity contribution in [1.82, 2.24) is 4.90 Å². The van der Waals surface area contributed by atoms with Crippen LogP contribution in [-0.2, 0) is 4.79 Å². The average molecular weight is 381 g/mol. The van der Waals surface area contributed by atoms with Crippen molar-refractivity contribution in [3.05, 3.63) is 53.6 Å². The number of rotatable bonds is 4. The van der Waals surface area contributed by atoms with Crippen molar-refractivity contribution in [1.29, 1.82) is 0 Å². The number of phenolic OH excluding ortho intramolecular Hbond substituents is 1. The first-order chi connectivity index (χ1) is 13.7. The highest BCUT2D eigenvalue weighted by Gasteiger charge is 2.29. The molecule has 2 aliphatic heterocycles. The highest BCUT2D eigenvalue weighted by molar-refractivity contribution is 5.92. The highest BCUT2D eigenvalue weighted by Crippen LogP contribution is 2.38. The van der Waals surface area contributed by atoms with Gasteiger partial charge in [0.2, 0.25) is 5.91 Å². The quantitative estimate of drug-likeness (QED) is 0.821. The van der Waals surface area contributed by atoms with Crippen molar-refractivity contribution in [2.75, 3.05) is 26.9 Å². The number of carbonyl (C=O) groups excluding carboxylic acids is 1. The molecule has 1 fully saturated rings. The lowest BCUT2D eigenvalue weighted by molar-refractivity contribution is -0.126. The van der Waals surface area contributed by atoms with Gasteiger partial charge in [-0.25, -0.2) is 0 Å². The highest BCUT2D eigenvalue weighted by atomic mass is 16.6. The maximum atomic E-state index is 12.8. The normalized spacial score (nSPS) is 18.5. The molecule has 0 aliphatic carbocycles. The minimum atomic E-state index is -0.0376. The molecule has 146 valence electrons. The summed E-state index contributed by atoms with van der Waals surface area (Å²) >= 11 is 0. The number of carbonyl (C=O) groups is 1. The smallest absolute Gasteiger partial charge is 0.247 e. The van der Waals surface area contributed by atoms with Crippen LogP contribution in [0.2, 0.25) is 0 Å². The molecule has 1 saturated heterocycles. The summed E-state index contributed by atoms with van der Waals surface area (Å²) in [4.78, 5) is 14.7. The third kappa shape index (κ3) is 3.63. The van der Waals surface area contributed by atoms with Gasteiger partial charge in [-0.2, -0.15) is 0 Å². The third-order valence-electron chi connectivity index (χ3n) is 5.11. The van der Waals surface area contributed by atoms with E-state index in [1.807, 2.05) is 23.1 Å². The first-order valence-electron chi connectivity index (χ1n) is 9.41. The fraction of sp³-hybridized carbons (Fsp3) is 0.318. The Morgan fingerprint density at radius 2 is 2.00 bits per heavy atom. The molecule has 28 heavy (non-hydrogen) atoms. The van der Waals surface area contributed by atoms with Gasteiger partial charge in [0.25, 0.3) is 0 Å². The second-order valence-corrected chi connectivity index (χ2v) is 6.86. The molecule has 1 unspecified atom stereocenters. The lowest BCUT2D eigenvalue weighted by Crippen LogP contribution is -2.29. The van der Waals surface area contributed by atoms with Crippen molar-refractivity contribution in [3.63, 3.8) is 0 Å². The number of phenols is 1. The van der Waals surface area contributed by atoms with E-state index >= 15 is 0 Å². The van der Waals surface area contributed by atoms with Crippen LogP contribution in [0.25, 0.3) is 6.08 Å². The maximum Gasteiger partial charge on any atom is 0.247 e. The van der Waals surface area contributed by atoms with Crippen molar-refractivity contribution >= 4 is 12.0 Å². The SMILES string of the molecule is COc1cc(/C=C/C(=O)N2CCCC2c2ccc3c(c2)OCCO3)ccc1O. The molecule has 1 atom stereocenters. The zero-order valence-corrected chi connectivity index (χ0v) is 15.8. The van der Waals surface area contributed by atoms with Crippen LogP contribution in [0.15, 0.2) is 42.5 Å². The molecule has 1 amide bonds. The number of likely N-dealkylation sites (tertiary alicyclic amines) is 1. The van der Waals surface area contributed by atoms with Crippen molar-refractivity contribution in [2.45, 2.75) is 18.9 Å². The first-order valence-corrected chi connectivity index (χ1v) is 9.41. The molecule has 2 aromatic carbocycles. The molecule has 0 radical (unpaired) electrons. The molecule has 6 nitrogen and oxygen atoms in total. The standard InChI is InChI=1S/C22H23NO5/c1-26-20-13-15(4-7-18(20)24)5-9-22(25)23-10-2-3-17(23)16-6-8-19-21(14-16)28-12-11-27-19/h4-9,13-14,17,24H,2-3,10-12H2,1H3/b9-5+. The first kappa shape index (κ1) is 18.2. The minimum absolute atomic E-state index is 0.0299. The summed E-state index contributed by atoms with van der Waals surface area (Å²) in [6.45, 7) is 1.83. The maximum absolute atomic E-state index is 12.8. The van der Waals surface area contributed by atoms with Crippen LogP contribution in [0.5, 0.6) is 23.0 Å². The van der Waals surface area contributed by atoms with Gasteiger partial charge in [0.15, 0.2) is 23.0 Å². The van der Waals surface area contributed by atoms with Crippen LogP contribution in [0, 0.1) is 0 Å². The molecule has 0 spiro atoms. The summed E-state index contributed by atoms with van der Waals surface area (Å²) in [6.07, 6.45) is 5.20. The number of fused-ring (bicyclic) bond motifs is 1. The van der Waals surface area contributed by atoms with E-state index in [1.54, 1.807) is 30.4 Å². The van der Waals surface area contributed by atoms with E-state index in [4.69, 9.17) is 14.2 Å². The number of hydrogen-bond acceptors (Lipinski definition) is 5. The van der Waals surface area contributed by atoms with E-state index in [0.29, 0.717) is 19.0 Å². The molecule has 2 aliphatic rings. The van der Waals surface area contributed by atoms with E-state index in [2.05, 4.69) is 0 Å². The van der Waals surface area contributed by atoms with Crippen LogP contribution in [0.1, 0.15) is 30.0 Å². The monoisotopic (exact) mass is 381 g/mol. The van der Waals surface area contributed by atoms with Crippen molar-refractivity contribution in [2.24, 2.45) is 0 Å². The molecule has 0 saturated carbocycles. The number of benzene rings is 2. The van der Waals surface area contributed by atoms with Gasteiger partial charge in [-0.15, -0.1) is 0 Å². The largest absolute Gasteiger partial charge is 0.504 e. The fourth-order valence-electron chi connectivity index (χ4n) is 3.71. The molecule has 1 N–H and O–H groups in total. The second kappa shape index (κ2) is 7.84. The van der Waals surface area contributed by atoms with Crippen molar-refractivity contribution < 1.29 is 24.1 Å². The van der Waals surface area contributed by atoms with E-state index in [1.165, 1.54) is 7.11 Å². The molecule has 0 aromatic heterocycles. The Hall–Kier alpha value is -3.15. The molecule has 6 heteroatoms. The summed E-state index contributed by atoms with van der Waals surface area (Å²) in [7, 11) is 1.50. The van der Waals surface area contributed by atoms with E-state index in [-0.39, 0.29) is 17.7 Å². The van der Waals surface area contributed by atoms with Crippen LogP contribution in [0.4, 0.5) is 0 Å². The van der Waals surface area contributed by atoms with E-state index in [0.717, 1.165) is 42.0 Å². The van der Waals surface area contributed by atoms with Crippen LogP contribution in [-0.4, -0.2) is 42.8 Å². The Morgan fingerprint density at radius 1 is 1.18 bits per heavy atom. The van der Waals surface area contributed by atoms with Gasteiger partial charge in [-0.1, -0.05) is 12.1 Å². The fourth-order valence-corrected chi connectivity index (χ4v) is 3.71. The zero-order chi connectivity index (χ0) is 19.5. The molecule has 4 rings (SSSR count). The predicted octanol–water partition coefficient (Wildman–Crippen LogP) is 3.55. The second-order valence-electron chi connectivity index (χ2n) is 6.86. The summed E-state index contributed by atoms with van der Waals surface area (Å²) in [6, 6.07) is 10.9. The number of hydrogen-bond donors (Lipinski definition) is 1. The van der Waals surface area contributed by atoms with Gasteiger partial charge < -0.3 is 24.2 Å². The van der Waals surface area contributed by atoms with Crippen molar-refractivity contribution in [3.8, 4) is 23.0 Å². The summed E-state index contributed by atoms with van der Waals surface area (Å²) in [5, 5.41) is 9.69. The zero-order valence-electron chi connectivity index (χ0n) is 15.8. The van der Waals surface area contributed by atoms with Gasteiger partial charge >= 0.3 is 0 Å². The van der Waals surface area contributed by atoms with Crippen LogP contribution in [0.3, 0.4) is 0 Å². The number of nitrogens with zero attached hydrogens (tertiary/aromatic N) is 1. The number of amides is 1. The Balaban J connectivity index is 1.51. The summed E-state index contributed by atoms with van der Waals surface area (Å²) in [5.41, 5.74) is 1.85. The summed E-state index contributed by atoms with van der Waals surface area (Å²) < 4.78 is 16.4. The Kier molecular flexibility index (Phi) is 5.10. The Bertz CT molecular complexity index is 908. The molecular weight excluding hydrogens is 358 g/mol. The van der Waals surface area contributed by atoms with Gasteiger partial charge in [-0.3, -0.25) is 4.79 Å². The lowest BCUT2D eigenvalue weighted by atomic mass is 10.0. The minimum Gasteiger partial charge on any atom is -0.504 e. The van der Waals surface area contributed by atoms with Gasteiger partial charge in [0.05, 0.1) is 13.2 Å².